The lowest BCUT2D eigenvalue weighted by molar-refractivity contribution is -0.120. The highest BCUT2D eigenvalue weighted by atomic mass is 16.2. The Kier molecular flexibility index (Phi) is 2.62. The van der Waals surface area contributed by atoms with E-state index in [1.54, 1.807) is 0 Å². The molecule has 0 saturated carbocycles. The van der Waals surface area contributed by atoms with E-state index in [0.717, 1.165) is 16.7 Å². The van der Waals surface area contributed by atoms with Gasteiger partial charge < -0.3 is 0 Å². The lowest BCUT2D eigenvalue weighted by atomic mass is 10.0. The number of hydrogen-bond donors (Lipinski definition) is 0. The molecule has 17 heavy (non-hydrogen) atoms. The highest BCUT2D eigenvalue weighted by Gasteiger charge is 2.35. The molecule has 1 aliphatic heterocycles. The van der Waals surface area contributed by atoms with Crippen molar-refractivity contribution in [3.8, 4) is 0 Å². The highest BCUT2D eigenvalue weighted by Crippen LogP contribution is 2.31. The lowest BCUT2D eigenvalue weighted by Gasteiger charge is -2.19. The van der Waals surface area contributed by atoms with Crippen LogP contribution in [0.25, 0.3) is 0 Å². The van der Waals surface area contributed by atoms with Gasteiger partial charge in [-0.3, -0.25) is 9.59 Å². The molecular weight excluding hydrogens is 214 g/mol. The zero-order valence-corrected chi connectivity index (χ0v) is 10.3. The number of amides is 2. The number of benzene rings is 1. The summed E-state index contributed by atoms with van der Waals surface area (Å²) in [5.41, 5.74) is 4.10. The number of anilines is 1. The maximum atomic E-state index is 11.9. The highest BCUT2D eigenvalue weighted by molar-refractivity contribution is 6.28. The number of imide groups is 1. The van der Waals surface area contributed by atoms with Crippen LogP contribution in [0, 0.1) is 20.8 Å². The fourth-order valence-electron chi connectivity index (χ4n) is 2.36. The summed E-state index contributed by atoms with van der Waals surface area (Å²) in [5.74, 6) is -0.458. The van der Waals surface area contributed by atoms with Gasteiger partial charge in [-0.15, -0.1) is 0 Å². The minimum Gasteiger partial charge on any atom is -0.274 e. The van der Waals surface area contributed by atoms with Crippen molar-refractivity contribution in [2.24, 2.45) is 0 Å². The second-order valence-corrected chi connectivity index (χ2v) is 4.56. The zero-order chi connectivity index (χ0) is 12.7. The summed E-state index contributed by atoms with van der Waals surface area (Å²) >= 11 is 0. The smallest absolute Gasteiger partial charge is 0.260 e. The van der Waals surface area contributed by atoms with E-state index in [1.807, 2.05) is 32.9 Å². The lowest BCUT2D eigenvalue weighted by Crippen LogP contribution is -2.30. The monoisotopic (exact) mass is 229 g/mol. The van der Waals surface area contributed by atoms with Crippen LogP contribution in [0.15, 0.2) is 24.3 Å². The van der Waals surface area contributed by atoms with Crippen molar-refractivity contribution in [1.29, 1.82) is 0 Å². The van der Waals surface area contributed by atoms with Crippen LogP contribution in [0.3, 0.4) is 0 Å². The molecule has 0 N–H and O–H groups in total. The van der Waals surface area contributed by atoms with Crippen LogP contribution in [0.1, 0.15) is 23.1 Å². The van der Waals surface area contributed by atoms with Gasteiger partial charge in [-0.25, -0.2) is 4.90 Å². The van der Waals surface area contributed by atoms with Gasteiger partial charge in [0.15, 0.2) is 0 Å². The molecule has 1 aromatic rings. The molecule has 0 bridgehead atoms. The molecule has 1 fully saturated rings. The number of carbonyl (C=O) groups is 2. The van der Waals surface area contributed by atoms with E-state index in [1.165, 1.54) is 4.90 Å². The first-order valence-electron chi connectivity index (χ1n) is 5.54. The standard InChI is InChI=1S/C14H15NO2/c1-8-5-9(2)13(10(3)6-8)15-12(16)7-11(4)14(15)17/h5-6H,4,7H2,1-3H3. The maximum Gasteiger partial charge on any atom is 0.260 e. The number of rotatable bonds is 1. The van der Waals surface area contributed by atoms with Crippen LogP contribution in [0.2, 0.25) is 0 Å². The molecule has 1 aromatic carbocycles. The van der Waals surface area contributed by atoms with Gasteiger partial charge in [-0.05, 0) is 31.9 Å². The quantitative estimate of drug-likeness (QED) is 0.548. The van der Waals surface area contributed by atoms with Crippen LogP contribution in [0.4, 0.5) is 5.69 Å². The van der Waals surface area contributed by atoms with Crippen molar-refractivity contribution in [3.63, 3.8) is 0 Å². The summed E-state index contributed by atoms with van der Waals surface area (Å²) in [7, 11) is 0. The molecule has 1 saturated heterocycles. The number of aryl methyl sites for hydroxylation is 3. The SMILES string of the molecule is C=C1CC(=O)N(c2c(C)cc(C)cc2C)C1=O. The topological polar surface area (TPSA) is 37.4 Å². The van der Waals surface area contributed by atoms with Crippen molar-refractivity contribution >= 4 is 17.5 Å². The molecule has 1 aliphatic rings. The Morgan fingerprint density at radius 1 is 1.12 bits per heavy atom. The number of hydrogen-bond acceptors (Lipinski definition) is 2. The first-order chi connectivity index (χ1) is 7.91. The second kappa shape index (κ2) is 3.84. The zero-order valence-electron chi connectivity index (χ0n) is 10.3. The first-order valence-corrected chi connectivity index (χ1v) is 5.54. The Morgan fingerprint density at radius 3 is 2.06 bits per heavy atom. The van der Waals surface area contributed by atoms with Gasteiger partial charge >= 0.3 is 0 Å². The molecule has 3 heteroatoms. The average Bonchev–Trinajstić information content (AvgIpc) is 2.43. The molecule has 0 unspecified atom stereocenters. The third-order valence-electron chi connectivity index (χ3n) is 2.98. The Hall–Kier alpha value is -1.90. The molecule has 0 spiro atoms. The summed E-state index contributed by atoms with van der Waals surface area (Å²) in [4.78, 5) is 25.0. The minimum atomic E-state index is -0.273. The van der Waals surface area contributed by atoms with Crippen LogP contribution in [0.5, 0.6) is 0 Å². The van der Waals surface area contributed by atoms with Crippen LogP contribution >= 0.6 is 0 Å². The van der Waals surface area contributed by atoms with E-state index in [4.69, 9.17) is 0 Å². The first kappa shape index (κ1) is 11.6. The fourth-order valence-corrected chi connectivity index (χ4v) is 2.36. The molecule has 0 aliphatic carbocycles. The molecule has 0 atom stereocenters. The molecule has 2 rings (SSSR count). The molecule has 88 valence electrons. The van der Waals surface area contributed by atoms with Crippen LogP contribution in [-0.4, -0.2) is 11.8 Å². The molecule has 0 aromatic heterocycles. The minimum absolute atomic E-state index is 0.131. The second-order valence-electron chi connectivity index (χ2n) is 4.56. The van der Waals surface area contributed by atoms with E-state index in [9.17, 15) is 9.59 Å². The predicted octanol–water partition coefficient (Wildman–Crippen LogP) is 2.43. The summed E-state index contributed by atoms with van der Waals surface area (Å²) < 4.78 is 0. The molecular formula is C14H15NO2. The summed E-state index contributed by atoms with van der Waals surface area (Å²) in [6, 6.07) is 3.95. The van der Waals surface area contributed by atoms with Crippen molar-refractivity contribution in [3.05, 3.63) is 41.0 Å². The summed E-state index contributed by atoms with van der Waals surface area (Å²) in [6.45, 7) is 9.45. The Labute approximate surface area is 101 Å². The third-order valence-corrected chi connectivity index (χ3v) is 2.98. The van der Waals surface area contributed by atoms with Crippen molar-refractivity contribution in [1.82, 2.24) is 0 Å². The van der Waals surface area contributed by atoms with Crippen molar-refractivity contribution < 1.29 is 9.59 Å². The number of carbonyl (C=O) groups excluding carboxylic acids is 2. The molecule has 2 amide bonds. The fraction of sp³-hybridized carbons (Fsp3) is 0.286. The van der Waals surface area contributed by atoms with Gasteiger partial charge in [0.25, 0.3) is 5.91 Å². The van der Waals surface area contributed by atoms with E-state index < -0.39 is 0 Å². The van der Waals surface area contributed by atoms with Crippen LogP contribution < -0.4 is 4.90 Å². The van der Waals surface area contributed by atoms with E-state index >= 15 is 0 Å². The number of nitrogens with zero attached hydrogens (tertiary/aromatic N) is 1. The van der Waals surface area contributed by atoms with E-state index in [0.29, 0.717) is 11.3 Å². The van der Waals surface area contributed by atoms with Gasteiger partial charge in [0.05, 0.1) is 12.1 Å². The normalized spacial score (nSPS) is 15.9. The van der Waals surface area contributed by atoms with Gasteiger partial charge in [-0.2, -0.15) is 0 Å². The Bertz CT molecular complexity index is 520. The van der Waals surface area contributed by atoms with Crippen molar-refractivity contribution in [2.45, 2.75) is 27.2 Å². The van der Waals surface area contributed by atoms with Crippen molar-refractivity contribution in [2.75, 3.05) is 4.90 Å². The van der Waals surface area contributed by atoms with Gasteiger partial charge in [0.1, 0.15) is 0 Å². The van der Waals surface area contributed by atoms with Gasteiger partial charge in [0, 0.05) is 5.57 Å². The molecule has 0 radical (unpaired) electrons. The largest absolute Gasteiger partial charge is 0.274 e. The maximum absolute atomic E-state index is 11.9. The third kappa shape index (κ3) is 1.78. The summed E-state index contributed by atoms with van der Waals surface area (Å²) in [6.07, 6.45) is 0.131. The van der Waals surface area contributed by atoms with Crippen LogP contribution in [-0.2, 0) is 9.59 Å². The summed E-state index contributed by atoms with van der Waals surface area (Å²) in [5, 5.41) is 0. The van der Waals surface area contributed by atoms with Gasteiger partial charge in [0.2, 0.25) is 5.91 Å². The van der Waals surface area contributed by atoms with E-state index in [-0.39, 0.29) is 18.2 Å². The molecule has 3 nitrogen and oxygen atoms in total. The molecule has 1 heterocycles. The van der Waals surface area contributed by atoms with E-state index in [2.05, 4.69) is 6.58 Å². The van der Waals surface area contributed by atoms with Gasteiger partial charge in [-0.1, -0.05) is 24.3 Å². The Balaban J connectivity index is 2.59. The predicted molar refractivity (Wildman–Crippen MR) is 66.9 cm³/mol. The Morgan fingerprint density at radius 2 is 1.65 bits per heavy atom. The average molecular weight is 229 g/mol.